The number of amides is 1. The smallest absolute Gasteiger partial charge is 0.242 e. The van der Waals surface area contributed by atoms with Gasteiger partial charge in [-0.15, -0.1) is 0 Å². The van der Waals surface area contributed by atoms with E-state index in [-0.39, 0.29) is 11.8 Å². The Morgan fingerprint density at radius 1 is 1.50 bits per heavy atom. The molecule has 0 unspecified atom stereocenters. The van der Waals surface area contributed by atoms with Crippen LogP contribution in [0.1, 0.15) is 19.4 Å². The van der Waals surface area contributed by atoms with Gasteiger partial charge in [0.2, 0.25) is 5.91 Å². The summed E-state index contributed by atoms with van der Waals surface area (Å²) < 4.78 is 5.07. The summed E-state index contributed by atoms with van der Waals surface area (Å²) in [5, 5.41) is 3.86. The third kappa shape index (κ3) is 3.73. The summed E-state index contributed by atoms with van der Waals surface area (Å²) in [6.45, 7) is 3.63. The standard InChI is InChI=1S/C12H16N2O2/c1-9(2)12(15)14-13-8-10-5-4-6-11(7-10)16-3/h4-9H,1-3H3,(H,14,15)/b13-8+. The second-order valence-electron chi connectivity index (χ2n) is 3.67. The molecule has 0 radical (unpaired) electrons. The van der Waals surface area contributed by atoms with Crippen LogP contribution in [-0.4, -0.2) is 19.2 Å². The predicted molar refractivity (Wildman–Crippen MR) is 63.6 cm³/mol. The van der Waals surface area contributed by atoms with Gasteiger partial charge >= 0.3 is 0 Å². The Hall–Kier alpha value is -1.84. The van der Waals surface area contributed by atoms with Crippen molar-refractivity contribution in [3.63, 3.8) is 0 Å². The first-order chi connectivity index (χ1) is 7.63. The van der Waals surface area contributed by atoms with Gasteiger partial charge in [0, 0.05) is 5.92 Å². The summed E-state index contributed by atoms with van der Waals surface area (Å²) in [6, 6.07) is 7.44. The molecule has 0 aromatic heterocycles. The van der Waals surface area contributed by atoms with Crippen LogP contribution in [0.5, 0.6) is 5.75 Å². The fourth-order valence-corrected chi connectivity index (χ4v) is 1.02. The zero-order chi connectivity index (χ0) is 12.0. The van der Waals surface area contributed by atoms with Crippen LogP contribution in [-0.2, 0) is 4.79 Å². The Labute approximate surface area is 95.3 Å². The molecule has 1 aromatic rings. The number of methoxy groups -OCH3 is 1. The van der Waals surface area contributed by atoms with Crippen LogP contribution in [0.3, 0.4) is 0 Å². The van der Waals surface area contributed by atoms with Crippen LogP contribution < -0.4 is 10.2 Å². The molecule has 0 aliphatic rings. The minimum absolute atomic E-state index is 0.0672. The average Bonchev–Trinajstić information content (AvgIpc) is 2.29. The summed E-state index contributed by atoms with van der Waals surface area (Å²) in [6.07, 6.45) is 1.59. The largest absolute Gasteiger partial charge is 0.497 e. The number of hydrazone groups is 1. The topological polar surface area (TPSA) is 50.7 Å². The lowest BCUT2D eigenvalue weighted by Crippen LogP contribution is -2.22. The van der Waals surface area contributed by atoms with Gasteiger partial charge in [0.15, 0.2) is 0 Å². The molecule has 0 heterocycles. The monoisotopic (exact) mass is 220 g/mol. The number of carbonyl (C=O) groups is 1. The molecule has 1 N–H and O–H groups in total. The van der Waals surface area contributed by atoms with E-state index in [1.165, 1.54) is 0 Å². The molecule has 1 amide bonds. The van der Waals surface area contributed by atoms with Crippen molar-refractivity contribution in [2.24, 2.45) is 11.0 Å². The molecule has 4 heteroatoms. The Bertz CT molecular complexity index is 386. The van der Waals surface area contributed by atoms with Gasteiger partial charge in [0.05, 0.1) is 13.3 Å². The first-order valence-corrected chi connectivity index (χ1v) is 5.10. The fourth-order valence-electron chi connectivity index (χ4n) is 1.02. The molecule has 0 saturated heterocycles. The normalized spacial score (nSPS) is 10.8. The summed E-state index contributed by atoms with van der Waals surface area (Å²) >= 11 is 0. The van der Waals surface area contributed by atoms with Crippen LogP contribution in [0.15, 0.2) is 29.4 Å². The van der Waals surface area contributed by atoms with Gasteiger partial charge < -0.3 is 4.74 Å². The average molecular weight is 220 g/mol. The molecular formula is C12H16N2O2. The Morgan fingerprint density at radius 3 is 2.88 bits per heavy atom. The Kier molecular flexibility index (Phi) is 4.51. The molecule has 0 aliphatic heterocycles. The maximum Gasteiger partial charge on any atom is 0.242 e. The van der Waals surface area contributed by atoms with E-state index in [9.17, 15) is 4.79 Å². The van der Waals surface area contributed by atoms with E-state index in [1.807, 2.05) is 38.1 Å². The Balaban J connectivity index is 2.59. The van der Waals surface area contributed by atoms with E-state index in [2.05, 4.69) is 10.5 Å². The minimum atomic E-state index is -0.0980. The zero-order valence-electron chi connectivity index (χ0n) is 9.73. The van der Waals surface area contributed by atoms with Crippen LogP contribution in [0, 0.1) is 5.92 Å². The van der Waals surface area contributed by atoms with Crippen molar-refractivity contribution in [1.29, 1.82) is 0 Å². The van der Waals surface area contributed by atoms with E-state index in [1.54, 1.807) is 13.3 Å². The van der Waals surface area contributed by atoms with Crippen LogP contribution in [0.4, 0.5) is 0 Å². The summed E-state index contributed by atoms with van der Waals surface area (Å²) in [7, 11) is 1.61. The minimum Gasteiger partial charge on any atom is -0.497 e. The van der Waals surface area contributed by atoms with Crippen molar-refractivity contribution in [1.82, 2.24) is 5.43 Å². The van der Waals surface area contributed by atoms with Crippen molar-refractivity contribution in [2.45, 2.75) is 13.8 Å². The van der Waals surface area contributed by atoms with E-state index < -0.39 is 0 Å². The van der Waals surface area contributed by atoms with Gasteiger partial charge in [-0.2, -0.15) is 5.10 Å². The van der Waals surface area contributed by atoms with Crippen molar-refractivity contribution in [2.75, 3.05) is 7.11 Å². The predicted octanol–water partition coefficient (Wildman–Crippen LogP) is 1.80. The lowest BCUT2D eigenvalue weighted by molar-refractivity contribution is -0.123. The van der Waals surface area contributed by atoms with Gasteiger partial charge in [-0.3, -0.25) is 4.79 Å². The number of rotatable bonds is 4. The van der Waals surface area contributed by atoms with Crippen molar-refractivity contribution in [3.05, 3.63) is 29.8 Å². The van der Waals surface area contributed by atoms with Crippen LogP contribution in [0.2, 0.25) is 0 Å². The van der Waals surface area contributed by atoms with Gasteiger partial charge in [0.1, 0.15) is 5.75 Å². The lowest BCUT2D eigenvalue weighted by atomic mass is 10.2. The number of hydrogen-bond acceptors (Lipinski definition) is 3. The molecule has 4 nitrogen and oxygen atoms in total. The van der Waals surface area contributed by atoms with Crippen molar-refractivity contribution < 1.29 is 9.53 Å². The molecule has 0 aliphatic carbocycles. The number of benzene rings is 1. The molecule has 0 bridgehead atoms. The first kappa shape index (κ1) is 12.2. The number of nitrogens with one attached hydrogen (secondary N) is 1. The first-order valence-electron chi connectivity index (χ1n) is 5.10. The third-order valence-electron chi connectivity index (χ3n) is 2.01. The SMILES string of the molecule is COc1cccc(/C=N/NC(=O)C(C)C)c1. The zero-order valence-corrected chi connectivity index (χ0v) is 9.73. The van der Waals surface area contributed by atoms with E-state index >= 15 is 0 Å². The molecular weight excluding hydrogens is 204 g/mol. The van der Waals surface area contributed by atoms with Gasteiger partial charge in [-0.05, 0) is 17.7 Å². The number of carbonyl (C=O) groups excluding carboxylic acids is 1. The molecule has 0 fully saturated rings. The molecule has 16 heavy (non-hydrogen) atoms. The van der Waals surface area contributed by atoms with Crippen LogP contribution >= 0.6 is 0 Å². The van der Waals surface area contributed by atoms with Gasteiger partial charge in [-0.25, -0.2) is 5.43 Å². The third-order valence-corrected chi connectivity index (χ3v) is 2.01. The van der Waals surface area contributed by atoms with Gasteiger partial charge in [0.25, 0.3) is 0 Å². The van der Waals surface area contributed by atoms with E-state index in [4.69, 9.17) is 4.74 Å². The summed E-state index contributed by atoms with van der Waals surface area (Å²) in [5.41, 5.74) is 3.34. The van der Waals surface area contributed by atoms with E-state index in [0.29, 0.717) is 0 Å². The number of hydrogen-bond donors (Lipinski definition) is 1. The molecule has 1 aromatic carbocycles. The highest BCUT2D eigenvalue weighted by molar-refractivity contribution is 5.83. The summed E-state index contributed by atoms with van der Waals surface area (Å²) in [4.78, 5) is 11.2. The second kappa shape index (κ2) is 5.90. The number of ether oxygens (including phenoxy) is 1. The maximum atomic E-state index is 11.2. The number of nitrogens with zero attached hydrogens (tertiary/aromatic N) is 1. The maximum absolute atomic E-state index is 11.2. The lowest BCUT2D eigenvalue weighted by Gasteiger charge is -2.02. The summed E-state index contributed by atoms with van der Waals surface area (Å²) in [5.74, 6) is 0.598. The highest BCUT2D eigenvalue weighted by Crippen LogP contribution is 2.10. The molecule has 0 spiro atoms. The van der Waals surface area contributed by atoms with Crippen molar-refractivity contribution >= 4 is 12.1 Å². The molecule has 1 rings (SSSR count). The van der Waals surface area contributed by atoms with Gasteiger partial charge in [-0.1, -0.05) is 26.0 Å². The molecule has 0 saturated carbocycles. The highest BCUT2D eigenvalue weighted by Gasteiger charge is 2.03. The molecule has 86 valence electrons. The molecule has 0 atom stereocenters. The highest BCUT2D eigenvalue weighted by atomic mass is 16.5. The second-order valence-corrected chi connectivity index (χ2v) is 3.67. The van der Waals surface area contributed by atoms with Crippen molar-refractivity contribution in [3.8, 4) is 5.75 Å². The Morgan fingerprint density at radius 2 is 2.25 bits per heavy atom. The van der Waals surface area contributed by atoms with E-state index in [0.717, 1.165) is 11.3 Å². The fraction of sp³-hybridized carbons (Fsp3) is 0.333. The quantitative estimate of drug-likeness (QED) is 0.621. The van der Waals surface area contributed by atoms with Crippen LogP contribution in [0.25, 0.3) is 0 Å².